The van der Waals surface area contributed by atoms with Gasteiger partial charge < -0.3 is 10.6 Å². The molecule has 0 aliphatic heterocycles. The molecule has 2 amide bonds. The zero-order chi connectivity index (χ0) is 16.7. The number of hydrogen-bond donors (Lipinski definition) is 2. The van der Waals surface area contributed by atoms with Crippen molar-refractivity contribution in [3.05, 3.63) is 28.8 Å². The summed E-state index contributed by atoms with van der Waals surface area (Å²) in [5.74, 6) is -0.166. The molecule has 122 valence electrons. The highest BCUT2D eigenvalue weighted by molar-refractivity contribution is 5.94. The minimum absolute atomic E-state index is 0.0557. The number of anilines is 1. The second-order valence-corrected chi connectivity index (χ2v) is 5.84. The number of rotatable bonds is 7. The van der Waals surface area contributed by atoms with Crippen molar-refractivity contribution in [2.75, 3.05) is 32.0 Å². The first-order chi connectivity index (χ1) is 10.3. The zero-order valence-electron chi connectivity index (χ0n) is 14.2. The van der Waals surface area contributed by atoms with Gasteiger partial charge in [0.25, 0.3) is 0 Å². The first kappa shape index (κ1) is 18.2. The molecule has 5 heteroatoms. The number of hydrogen-bond acceptors (Lipinski definition) is 3. The summed E-state index contributed by atoms with van der Waals surface area (Å²) >= 11 is 0. The third kappa shape index (κ3) is 5.85. The fraction of sp³-hybridized carbons (Fsp3) is 0.529. The molecule has 0 spiro atoms. The van der Waals surface area contributed by atoms with E-state index < -0.39 is 0 Å². The SMILES string of the molecule is CCCNC(=O)CN(C)CC(=O)Nc1c(C)cc(C)cc1C. The molecular formula is C17H27N3O2. The van der Waals surface area contributed by atoms with Gasteiger partial charge in [0.05, 0.1) is 13.1 Å². The lowest BCUT2D eigenvalue weighted by atomic mass is 10.1. The first-order valence-corrected chi connectivity index (χ1v) is 7.66. The van der Waals surface area contributed by atoms with E-state index >= 15 is 0 Å². The van der Waals surface area contributed by atoms with Crippen LogP contribution >= 0.6 is 0 Å². The Hall–Kier alpha value is -1.88. The molecule has 1 rings (SSSR count). The molecular weight excluding hydrogens is 278 g/mol. The lowest BCUT2D eigenvalue weighted by Crippen LogP contribution is -2.39. The number of amides is 2. The van der Waals surface area contributed by atoms with Gasteiger partial charge in [-0.05, 0) is 45.4 Å². The van der Waals surface area contributed by atoms with E-state index in [0.717, 1.165) is 23.2 Å². The Morgan fingerprint density at radius 2 is 1.59 bits per heavy atom. The fourth-order valence-electron chi connectivity index (χ4n) is 2.42. The maximum absolute atomic E-state index is 12.1. The van der Waals surface area contributed by atoms with E-state index in [2.05, 4.69) is 10.6 Å². The molecule has 1 aromatic rings. The van der Waals surface area contributed by atoms with Crippen molar-refractivity contribution in [3.63, 3.8) is 0 Å². The highest BCUT2D eigenvalue weighted by Crippen LogP contribution is 2.21. The quantitative estimate of drug-likeness (QED) is 0.810. The van der Waals surface area contributed by atoms with E-state index in [1.54, 1.807) is 11.9 Å². The maximum atomic E-state index is 12.1. The van der Waals surface area contributed by atoms with Crippen molar-refractivity contribution in [2.24, 2.45) is 0 Å². The highest BCUT2D eigenvalue weighted by atomic mass is 16.2. The van der Waals surface area contributed by atoms with E-state index in [1.807, 2.05) is 39.8 Å². The summed E-state index contributed by atoms with van der Waals surface area (Å²) in [6, 6.07) is 4.09. The van der Waals surface area contributed by atoms with Gasteiger partial charge in [0.2, 0.25) is 11.8 Å². The third-order valence-corrected chi connectivity index (χ3v) is 3.34. The van der Waals surface area contributed by atoms with Crippen LogP contribution in [0.15, 0.2) is 12.1 Å². The van der Waals surface area contributed by atoms with E-state index in [1.165, 1.54) is 5.56 Å². The topological polar surface area (TPSA) is 61.4 Å². The van der Waals surface area contributed by atoms with E-state index in [-0.39, 0.29) is 24.9 Å². The van der Waals surface area contributed by atoms with Gasteiger partial charge in [0.1, 0.15) is 0 Å². The number of nitrogens with one attached hydrogen (secondary N) is 2. The van der Waals surface area contributed by atoms with Gasteiger partial charge in [-0.3, -0.25) is 14.5 Å². The Labute approximate surface area is 133 Å². The number of carbonyl (C=O) groups excluding carboxylic acids is 2. The van der Waals surface area contributed by atoms with Crippen LogP contribution in [0.2, 0.25) is 0 Å². The molecule has 2 N–H and O–H groups in total. The molecule has 0 aliphatic carbocycles. The molecule has 0 heterocycles. The van der Waals surface area contributed by atoms with Crippen molar-refractivity contribution in [2.45, 2.75) is 34.1 Å². The Bertz CT molecular complexity index is 518. The molecule has 0 aromatic heterocycles. The van der Waals surface area contributed by atoms with Crippen molar-refractivity contribution < 1.29 is 9.59 Å². The van der Waals surface area contributed by atoms with Gasteiger partial charge in [-0.25, -0.2) is 0 Å². The monoisotopic (exact) mass is 305 g/mol. The zero-order valence-corrected chi connectivity index (χ0v) is 14.2. The third-order valence-electron chi connectivity index (χ3n) is 3.34. The number of benzene rings is 1. The summed E-state index contributed by atoms with van der Waals surface area (Å²) in [6.07, 6.45) is 0.905. The average molecular weight is 305 g/mol. The molecule has 0 saturated carbocycles. The number of carbonyl (C=O) groups is 2. The molecule has 22 heavy (non-hydrogen) atoms. The van der Waals surface area contributed by atoms with E-state index in [0.29, 0.717) is 6.54 Å². The molecule has 0 saturated heterocycles. The van der Waals surface area contributed by atoms with Crippen LogP contribution in [0.4, 0.5) is 5.69 Å². The van der Waals surface area contributed by atoms with E-state index in [4.69, 9.17) is 0 Å². The second-order valence-electron chi connectivity index (χ2n) is 5.84. The molecule has 5 nitrogen and oxygen atoms in total. The molecule has 0 unspecified atom stereocenters. The van der Waals surface area contributed by atoms with Crippen LogP contribution < -0.4 is 10.6 Å². The van der Waals surface area contributed by atoms with Gasteiger partial charge in [0.15, 0.2) is 0 Å². The van der Waals surface area contributed by atoms with Gasteiger partial charge in [0, 0.05) is 12.2 Å². The lowest BCUT2D eigenvalue weighted by molar-refractivity contribution is -0.122. The summed E-state index contributed by atoms with van der Waals surface area (Å²) in [5.41, 5.74) is 4.14. The van der Waals surface area contributed by atoms with Crippen LogP contribution in [-0.4, -0.2) is 43.4 Å². The molecule has 0 fully saturated rings. The number of aryl methyl sites for hydroxylation is 3. The Morgan fingerprint density at radius 1 is 1.05 bits per heavy atom. The first-order valence-electron chi connectivity index (χ1n) is 7.66. The fourth-order valence-corrected chi connectivity index (χ4v) is 2.42. The van der Waals surface area contributed by atoms with Crippen molar-refractivity contribution >= 4 is 17.5 Å². The van der Waals surface area contributed by atoms with Crippen LogP contribution in [0.1, 0.15) is 30.0 Å². The van der Waals surface area contributed by atoms with Gasteiger partial charge in [-0.1, -0.05) is 24.6 Å². The Morgan fingerprint density at radius 3 is 2.14 bits per heavy atom. The van der Waals surface area contributed by atoms with Crippen LogP contribution in [0.3, 0.4) is 0 Å². The smallest absolute Gasteiger partial charge is 0.238 e. The molecule has 0 radical (unpaired) electrons. The highest BCUT2D eigenvalue weighted by Gasteiger charge is 2.12. The van der Waals surface area contributed by atoms with Crippen LogP contribution in [0.25, 0.3) is 0 Å². The van der Waals surface area contributed by atoms with Gasteiger partial charge in [-0.2, -0.15) is 0 Å². The maximum Gasteiger partial charge on any atom is 0.238 e. The van der Waals surface area contributed by atoms with Crippen LogP contribution in [0, 0.1) is 20.8 Å². The van der Waals surface area contributed by atoms with E-state index in [9.17, 15) is 9.59 Å². The summed E-state index contributed by atoms with van der Waals surface area (Å²) in [7, 11) is 1.76. The minimum atomic E-state index is -0.110. The number of nitrogens with zero attached hydrogens (tertiary/aromatic N) is 1. The average Bonchev–Trinajstić information content (AvgIpc) is 2.40. The minimum Gasteiger partial charge on any atom is -0.355 e. The van der Waals surface area contributed by atoms with Crippen molar-refractivity contribution in [1.82, 2.24) is 10.2 Å². The Balaban J connectivity index is 2.54. The van der Waals surface area contributed by atoms with Crippen molar-refractivity contribution in [1.29, 1.82) is 0 Å². The summed E-state index contributed by atoms with van der Waals surface area (Å²) in [4.78, 5) is 25.4. The lowest BCUT2D eigenvalue weighted by Gasteiger charge is -2.17. The largest absolute Gasteiger partial charge is 0.355 e. The summed E-state index contributed by atoms with van der Waals surface area (Å²) < 4.78 is 0. The predicted octanol–water partition coefficient (Wildman–Crippen LogP) is 2.01. The normalized spacial score (nSPS) is 10.6. The molecule has 0 bridgehead atoms. The van der Waals surface area contributed by atoms with Gasteiger partial charge in [-0.15, -0.1) is 0 Å². The number of likely N-dealkylation sites (N-methyl/N-ethyl adjacent to an activating group) is 1. The molecule has 1 aromatic carbocycles. The standard InChI is InChI=1S/C17H27N3O2/c1-6-7-18-15(21)10-20(5)11-16(22)19-17-13(3)8-12(2)9-14(17)4/h8-9H,6-7,10-11H2,1-5H3,(H,18,21)(H,19,22). The van der Waals surface area contributed by atoms with Crippen LogP contribution in [0.5, 0.6) is 0 Å². The molecule has 0 aliphatic rings. The second kappa shape index (κ2) is 8.54. The Kier molecular flexibility index (Phi) is 7.05. The predicted molar refractivity (Wildman–Crippen MR) is 90.1 cm³/mol. The molecule has 0 atom stereocenters. The summed E-state index contributed by atoms with van der Waals surface area (Å²) in [6.45, 7) is 9.08. The van der Waals surface area contributed by atoms with Gasteiger partial charge >= 0.3 is 0 Å². The van der Waals surface area contributed by atoms with Crippen LogP contribution in [-0.2, 0) is 9.59 Å². The summed E-state index contributed by atoms with van der Waals surface area (Å²) in [5, 5.41) is 5.74. The van der Waals surface area contributed by atoms with Crippen molar-refractivity contribution in [3.8, 4) is 0 Å².